The number of carboxylic acid groups (broad SMARTS) is 1. The first kappa shape index (κ1) is 14.3. The molecule has 2 fully saturated rings. The molecule has 2 aliphatic rings. The average molecular weight is 269 g/mol. The molecule has 0 aromatic rings. The highest BCUT2D eigenvalue weighted by Gasteiger charge is 2.43. The van der Waals surface area contributed by atoms with E-state index in [1.165, 1.54) is 0 Å². The van der Waals surface area contributed by atoms with Crippen molar-refractivity contribution in [1.82, 2.24) is 4.90 Å². The van der Waals surface area contributed by atoms with E-state index >= 15 is 0 Å². The summed E-state index contributed by atoms with van der Waals surface area (Å²) in [5.41, 5.74) is 0. The van der Waals surface area contributed by atoms with Crippen LogP contribution in [0.1, 0.15) is 33.1 Å². The Balaban J connectivity index is 2.06. The largest absolute Gasteiger partial charge is 0.481 e. The van der Waals surface area contributed by atoms with Crippen LogP contribution in [-0.2, 0) is 14.3 Å². The van der Waals surface area contributed by atoms with E-state index in [4.69, 9.17) is 4.74 Å². The number of nitrogens with zero attached hydrogens (tertiary/aromatic N) is 1. The number of ether oxygens (including phenoxy) is 1. The number of carbonyl (C=O) groups is 2. The molecule has 2 unspecified atom stereocenters. The van der Waals surface area contributed by atoms with Gasteiger partial charge in [0.05, 0.1) is 17.9 Å². The van der Waals surface area contributed by atoms with Gasteiger partial charge < -0.3 is 14.7 Å². The highest BCUT2D eigenvalue weighted by Crippen LogP contribution is 2.37. The molecule has 5 nitrogen and oxygen atoms in total. The predicted molar refractivity (Wildman–Crippen MR) is 69.6 cm³/mol. The maximum Gasteiger partial charge on any atom is 0.307 e. The lowest BCUT2D eigenvalue weighted by atomic mass is 9.94. The first-order chi connectivity index (χ1) is 8.99. The molecule has 1 amide bonds. The van der Waals surface area contributed by atoms with Gasteiger partial charge in [0, 0.05) is 19.7 Å². The molecule has 0 bridgehead atoms. The van der Waals surface area contributed by atoms with Gasteiger partial charge in [0.2, 0.25) is 5.91 Å². The molecule has 108 valence electrons. The summed E-state index contributed by atoms with van der Waals surface area (Å²) in [5, 5.41) is 9.26. The Bertz CT molecular complexity index is 357. The van der Waals surface area contributed by atoms with Gasteiger partial charge in [-0.25, -0.2) is 0 Å². The van der Waals surface area contributed by atoms with Crippen LogP contribution < -0.4 is 0 Å². The van der Waals surface area contributed by atoms with Crippen molar-refractivity contribution in [2.45, 2.75) is 39.2 Å². The molecule has 5 heteroatoms. The van der Waals surface area contributed by atoms with Crippen LogP contribution in [0.2, 0.25) is 0 Å². The zero-order chi connectivity index (χ0) is 14.0. The van der Waals surface area contributed by atoms with Crippen LogP contribution in [0.4, 0.5) is 0 Å². The molecule has 1 saturated carbocycles. The third-order valence-corrected chi connectivity index (χ3v) is 4.20. The van der Waals surface area contributed by atoms with Gasteiger partial charge >= 0.3 is 5.97 Å². The fourth-order valence-corrected chi connectivity index (χ4v) is 3.27. The normalized spacial score (nSPS) is 36.0. The summed E-state index contributed by atoms with van der Waals surface area (Å²) in [6.45, 7) is 5.92. The lowest BCUT2D eigenvalue weighted by Crippen LogP contribution is -2.42. The summed E-state index contributed by atoms with van der Waals surface area (Å²) in [5.74, 6) is -1.37. The number of carboxylic acids is 1. The summed E-state index contributed by atoms with van der Waals surface area (Å²) in [7, 11) is 0. The second-order valence-electron chi connectivity index (χ2n) is 5.95. The molecule has 2 rings (SSSR count). The van der Waals surface area contributed by atoms with Gasteiger partial charge in [0.1, 0.15) is 0 Å². The minimum Gasteiger partial charge on any atom is -0.481 e. The Morgan fingerprint density at radius 2 is 1.89 bits per heavy atom. The second-order valence-corrected chi connectivity index (χ2v) is 5.95. The van der Waals surface area contributed by atoms with E-state index in [2.05, 4.69) is 0 Å². The van der Waals surface area contributed by atoms with E-state index < -0.39 is 11.9 Å². The lowest BCUT2D eigenvalue weighted by molar-refractivity contribution is -0.149. The third kappa shape index (κ3) is 3.26. The van der Waals surface area contributed by atoms with E-state index in [-0.39, 0.29) is 17.9 Å². The summed E-state index contributed by atoms with van der Waals surface area (Å²) in [6.07, 6.45) is 2.18. The fraction of sp³-hybridized carbons (Fsp3) is 0.857. The van der Waals surface area contributed by atoms with E-state index in [9.17, 15) is 14.7 Å². The van der Waals surface area contributed by atoms with Crippen LogP contribution in [0, 0.1) is 17.8 Å². The van der Waals surface area contributed by atoms with Crippen molar-refractivity contribution in [3.63, 3.8) is 0 Å². The third-order valence-electron chi connectivity index (χ3n) is 4.20. The van der Waals surface area contributed by atoms with Gasteiger partial charge in [-0.2, -0.15) is 0 Å². The van der Waals surface area contributed by atoms with E-state index in [1.807, 2.05) is 13.8 Å². The Morgan fingerprint density at radius 1 is 1.21 bits per heavy atom. The molecule has 1 saturated heterocycles. The minimum atomic E-state index is -0.832. The van der Waals surface area contributed by atoms with Crippen molar-refractivity contribution in [2.24, 2.45) is 17.8 Å². The number of amides is 1. The molecule has 0 aromatic heterocycles. The first-order valence-electron chi connectivity index (χ1n) is 7.12. The molecule has 19 heavy (non-hydrogen) atoms. The zero-order valence-corrected chi connectivity index (χ0v) is 11.7. The van der Waals surface area contributed by atoms with E-state index in [0.717, 1.165) is 6.42 Å². The molecule has 1 aliphatic carbocycles. The van der Waals surface area contributed by atoms with Gasteiger partial charge in [-0.3, -0.25) is 9.59 Å². The Kier molecular flexibility index (Phi) is 4.45. The van der Waals surface area contributed by atoms with Crippen molar-refractivity contribution in [3.8, 4) is 0 Å². The topological polar surface area (TPSA) is 66.8 Å². The smallest absolute Gasteiger partial charge is 0.307 e. The van der Waals surface area contributed by atoms with E-state index in [1.54, 1.807) is 4.90 Å². The van der Waals surface area contributed by atoms with Crippen molar-refractivity contribution >= 4 is 11.9 Å². The Labute approximate surface area is 113 Å². The number of carbonyl (C=O) groups excluding carboxylic acids is 1. The summed E-state index contributed by atoms with van der Waals surface area (Å²) in [6, 6.07) is 0. The molecule has 1 N–H and O–H groups in total. The number of rotatable bonds is 2. The van der Waals surface area contributed by atoms with Gasteiger partial charge in [-0.05, 0) is 32.1 Å². The van der Waals surface area contributed by atoms with Crippen LogP contribution >= 0.6 is 0 Å². The Hall–Kier alpha value is -1.10. The molecular formula is C14H23NO4. The molecule has 0 spiro atoms. The first-order valence-corrected chi connectivity index (χ1v) is 7.12. The summed E-state index contributed by atoms with van der Waals surface area (Å²) < 4.78 is 5.53. The quantitative estimate of drug-likeness (QED) is 0.822. The number of hydrogen-bond acceptors (Lipinski definition) is 3. The minimum absolute atomic E-state index is 0.00843. The van der Waals surface area contributed by atoms with Crippen LogP contribution in [0.25, 0.3) is 0 Å². The number of hydrogen-bond donors (Lipinski definition) is 1. The van der Waals surface area contributed by atoms with Crippen LogP contribution in [0.5, 0.6) is 0 Å². The predicted octanol–water partition coefficient (Wildman–Crippen LogP) is 1.37. The van der Waals surface area contributed by atoms with Gasteiger partial charge in [-0.15, -0.1) is 0 Å². The SMILES string of the molecule is CC1C[C@H](C(=O)N2CCCOC(C)C2)[C@H](C(=O)O)C1. The van der Waals surface area contributed by atoms with Crippen LogP contribution in [-0.4, -0.2) is 47.7 Å². The van der Waals surface area contributed by atoms with Gasteiger partial charge in [0.15, 0.2) is 0 Å². The highest BCUT2D eigenvalue weighted by atomic mass is 16.5. The average Bonchev–Trinajstić information content (AvgIpc) is 2.61. The summed E-state index contributed by atoms with van der Waals surface area (Å²) >= 11 is 0. The Morgan fingerprint density at radius 3 is 2.58 bits per heavy atom. The second kappa shape index (κ2) is 5.90. The summed E-state index contributed by atoms with van der Waals surface area (Å²) in [4.78, 5) is 25.6. The highest BCUT2D eigenvalue weighted by molar-refractivity contribution is 5.85. The molecule has 4 atom stereocenters. The van der Waals surface area contributed by atoms with Crippen LogP contribution in [0.15, 0.2) is 0 Å². The monoisotopic (exact) mass is 269 g/mol. The maximum atomic E-state index is 12.6. The standard InChI is InChI=1S/C14H23NO4/c1-9-6-11(12(7-9)14(17)18)13(16)15-4-3-5-19-10(2)8-15/h9-12H,3-8H2,1-2H3,(H,17,18)/t9?,10?,11-,12+/m0/s1. The fourth-order valence-electron chi connectivity index (χ4n) is 3.27. The number of aliphatic carboxylic acids is 1. The van der Waals surface area contributed by atoms with E-state index in [0.29, 0.717) is 38.5 Å². The molecular weight excluding hydrogens is 246 g/mol. The maximum absolute atomic E-state index is 12.6. The van der Waals surface area contributed by atoms with Crippen LogP contribution in [0.3, 0.4) is 0 Å². The lowest BCUT2D eigenvalue weighted by Gasteiger charge is -2.27. The van der Waals surface area contributed by atoms with Crippen molar-refractivity contribution in [2.75, 3.05) is 19.7 Å². The molecule has 0 radical (unpaired) electrons. The zero-order valence-electron chi connectivity index (χ0n) is 11.7. The van der Waals surface area contributed by atoms with Gasteiger partial charge in [0.25, 0.3) is 0 Å². The van der Waals surface area contributed by atoms with Crippen molar-refractivity contribution in [3.05, 3.63) is 0 Å². The molecule has 1 aliphatic heterocycles. The molecule has 0 aromatic carbocycles. The molecule has 1 heterocycles. The van der Waals surface area contributed by atoms with Crippen molar-refractivity contribution in [1.29, 1.82) is 0 Å². The van der Waals surface area contributed by atoms with Crippen molar-refractivity contribution < 1.29 is 19.4 Å². The van der Waals surface area contributed by atoms with Gasteiger partial charge in [-0.1, -0.05) is 6.92 Å².